The van der Waals surface area contributed by atoms with Gasteiger partial charge in [-0.05, 0) is 52.8 Å². The molecule has 0 aliphatic rings. The van der Waals surface area contributed by atoms with Gasteiger partial charge in [-0.15, -0.1) is 0 Å². The number of nitrogens with two attached hydrogens (primary N) is 1. The van der Waals surface area contributed by atoms with Crippen LogP contribution in [0.25, 0.3) is 21.2 Å². The van der Waals surface area contributed by atoms with Crippen LogP contribution >= 0.6 is 11.3 Å². The number of amides is 1. The van der Waals surface area contributed by atoms with Crippen molar-refractivity contribution >= 4 is 39.0 Å². The summed E-state index contributed by atoms with van der Waals surface area (Å²) in [6, 6.07) is 25.5. The van der Waals surface area contributed by atoms with Gasteiger partial charge in [0.25, 0.3) is 0 Å². The largest absolute Gasteiger partial charge is 0.444 e. The van der Waals surface area contributed by atoms with Crippen molar-refractivity contribution in [3.63, 3.8) is 0 Å². The number of thiazole rings is 1. The van der Waals surface area contributed by atoms with Crippen LogP contribution in [0.1, 0.15) is 11.1 Å². The number of carbonyl (C=O) groups is 1. The van der Waals surface area contributed by atoms with Crippen molar-refractivity contribution in [3.05, 3.63) is 109 Å². The zero-order chi connectivity index (χ0) is 25.5. The second-order valence-corrected chi connectivity index (χ2v) is 9.73. The fraction of sp³-hybridized carbons (Fsp3) is 0.138. The lowest BCUT2D eigenvalue weighted by atomic mass is 10.1. The van der Waals surface area contributed by atoms with E-state index in [0.29, 0.717) is 18.7 Å². The molecule has 37 heavy (non-hydrogen) atoms. The molecule has 0 aliphatic heterocycles. The van der Waals surface area contributed by atoms with Gasteiger partial charge in [0.15, 0.2) is 5.13 Å². The molecule has 1 amide bonds. The van der Waals surface area contributed by atoms with Crippen molar-refractivity contribution in [2.45, 2.75) is 19.1 Å². The van der Waals surface area contributed by atoms with E-state index in [2.05, 4.69) is 38.8 Å². The molecule has 4 N–H and O–H groups in total. The Morgan fingerprint density at radius 2 is 1.78 bits per heavy atom. The van der Waals surface area contributed by atoms with Crippen LogP contribution in [0.3, 0.4) is 0 Å². The number of fused-ring (bicyclic) bond motifs is 1. The first-order valence-electron chi connectivity index (χ1n) is 12.0. The summed E-state index contributed by atoms with van der Waals surface area (Å²) in [4.78, 5) is 21.8. The molecule has 1 atom stereocenters. The van der Waals surface area contributed by atoms with Gasteiger partial charge in [-0.3, -0.25) is 10.3 Å². The highest BCUT2D eigenvalue weighted by atomic mass is 32.1. The number of anilines is 2. The molecule has 2 heterocycles. The molecule has 5 aromatic rings. The van der Waals surface area contributed by atoms with Crippen molar-refractivity contribution in [2.75, 3.05) is 17.2 Å². The number of rotatable bonds is 9. The quantitative estimate of drug-likeness (QED) is 0.222. The fourth-order valence-electron chi connectivity index (χ4n) is 3.92. The summed E-state index contributed by atoms with van der Waals surface area (Å²) < 4.78 is 5.26. The zero-order valence-electron chi connectivity index (χ0n) is 20.1. The van der Waals surface area contributed by atoms with E-state index >= 15 is 0 Å². The van der Waals surface area contributed by atoms with Crippen LogP contribution in [0.2, 0.25) is 0 Å². The van der Waals surface area contributed by atoms with Crippen LogP contribution in [-0.4, -0.2) is 28.6 Å². The third kappa shape index (κ3) is 6.69. The third-order valence-electron chi connectivity index (χ3n) is 5.86. The van der Waals surface area contributed by atoms with Gasteiger partial charge in [0, 0.05) is 42.3 Å². The molecule has 0 spiro atoms. The van der Waals surface area contributed by atoms with E-state index in [4.69, 9.17) is 10.5 Å². The highest BCUT2D eigenvalue weighted by Crippen LogP contribution is 2.31. The Morgan fingerprint density at radius 1 is 0.946 bits per heavy atom. The highest BCUT2D eigenvalue weighted by molar-refractivity contribution is 7.18. The molecular formula is C29H27N5O2S. The van der Waals surface area contributed by atoms with Crippen LogP contribution in [0.5, 0.6) is 0 Å². The van der Waals surface area contributed by atoms with E-state index in [9.17, 15) is 4.79 Å². The Morgan fingerprint density at radius 3 is 2.62 bits per heavy atom. The maximum absolute atomic E-state index is 12.0. The molecule has 0 bridgehead atoms. The van der Waals surface area contributed by atoms with Gasteiger partial charge < -0.3 is 15.8 Å². The number of ether oxygens (including phenoxy) is 1. The van der Waals surface area contributed by atoms with Gasteiger partial charge in [0.2, 0.25) is 0 Å². The molecule has 2 aromatic heterocycles. The van der Waals surface area contributed by atoms with E-state index < -0.39 is 6.09 Å². The molecule has 0 aliphatic carbocycles. The highest BCUT2D eigenvalue weighted by Gasteiger charge is 2.09. The molecule has 5 rings (SSSR count). The Hall–Kier alpha value is -4.27. The predicted molar refractivity (Wildman–Crippen MR) is 150 cm³/mol. The number of carbonyl (C=O) groups excluding carboxylic acids is 1. The second kappa shape index (κ2) is 11.6. The summed E-state index contributed by atoms with van der Waals surface area (Å²) in [5, 5.41) is 9.22. The van der Waals surface area contributed by atoms with E-state index in [1.165, 1.54) is 0 Å². The lowest BCUT2D eigenvalue weighted by Crippen LogP contribution is -2.31. The van der Waals surface area contributed by atoms with Gasteiger partial charge in [0.05, 0.1) is 4.88 Å². The van der Waals surface area contributed by atoms with Gasteiger partial charge in [0.1, 0.15) is 6.61 Å². The van der Waals surface area contributed by atoms with Gasteiger partial charge in [-0.25, -0.2) is 9.78 Å². The average Bonchev–Trinajstić information content (AvgIpc) is 3.41. The molecule has 0 fully saturated rings. The lowest BCUT2D eigenvalue weighted by molar-refractivity contribution is 0.155. The molecular weight excluding hydrogens is 482 g/mol. The van der Waals surface area contributed by atoms with Crippen LogP contribution in [0.15, 0.2) is 97.5 Å². The summed E-state index contributed by atoms with van der Waals surface area (Å²) in [6.45, 7) is 0.829. The first-order chi connectivity index (χ1) is 18.1. The van der Waals surface area contributed by atoms with Gasteiger partial charge >= 0.3 is 6.09 Å². The van der Waals surface area contributed by atoms with Crippen molar-refractivity contribution in [1.29, 1.82) is 0 Å². The Labute approximate surface area is 219 Å². The number of hydrogen-bond acceptors (Lipinski definition) is 7. The fourth-order valence-corrected chi connectivity index (χ4v) is 4.74. The minimum absolute atomic E-state index is 0.0878. The van der Waals surface area contributed by atoms with E-state index in [-0.39, 0.29) is 12.6 Å². The molecule has 186 valence electrons. The molecule has 8 heteroatoms. The summed E-state index contributed by atoms with van der Waals surface area (Å²) in [6.07, 6.45) is 5.77. The minimum Gasteiger partial charge on any atom is -0.444 e. The minimum atomic E-state index is -0.485. The first-order valence-corrected chi connectivity index (χ1v) is 12.8. The molecule has 0 saturated heterocycles. The molecule has 0 saturated carbocycles. The van der Waals surface area contributed by atoms with Gasteiger partial charge in [-0.1, -0.05) is 65.9 Å². The number of benzene rings is 3. The standard InChI is InChI=1S/C29H27N5O2S/c30-25(14-20-6-10-26(11-7-20)34-29(35)36-19-21-4-2-1-3-5-21)17-32-28-33-18-27(37-28)23-8-9-24-16-31-13-12-22(24)15-23/h1-13,15-16,18,25H,14,17,19,30H2,(H,32,33)(H,34,35). The molecule has 3 aromatic carbocycles. The average molecular weight is 510 g/mol. The van der Waals surface area contributed by atoms with Crippen LogP contribution < -0.4 is 16.4 Å². The molecule has 1 unspecified atom stereocenters. The molecule has 7 nitrogen and oxygen atoms in total. The summed E-state index contributed by atoms with van der Waals surface area (Å²) in [5.41, 5.74) is 10.2. The monoisotopic (exact) mass is 509 g/mol. The number of nitrogens with zero attached hydrogens (tertiary/aromatic N) is 2. The van der Waals surface area contributed by atoms with Crippen molar-refractivity contribution in [3.8, 4) is 10.4 Å². The van der Waals surface area contributed by atoms with E-state index in [1.54, 1.807) is 17.5 Å². The lowest BCUT2D eigenvalue weighted by Gasteiger charge is -2.13. The smallest absolute Gasteiger partial charge is 0.411 e. The third-order valence-corrected chi connectivity index (χ3v) is 6.86. The second-order valence-electron chi connectivity index (χ2n) is 8.70. The van der Waals surface area contributed by atoms with Crippen LogP contribution in [-0.2, 0) is 17.8 Å². The zero-order valence-corrected chi connectivity index (χ0v) is 20.9. The number of pyridine rings is 1. The Kier molecular flexibility index (Phi) is 7.69. The van der Waals surface area contributed by atoms with E-state index in [1.807, 2.05) is 73.1 Å². The predicted octanol–water partition coefficient (Wildman–Crippen LogP) is 6.09. The van der Waals surface area contributed by atoms with Crippen molar-refractivity contribution < 1.29 is 9.53 Å². The van der Waals surface area contributed by atoms with Crippen molar-refractivity contribution in [2.24, 2.45) is 5.73 Å². The number of hydrogen-bond donors (Lipinski definition) is 3. The van der Waals surface area contributed by atoms with Crippen LogP contribution in [0.4, 0.5) is 15.6 Å². The van der Waals surface area contributed by atoms with Gasteiger partial charge in [-0.2, -0.15) is 0 Å². The number of aromatic nitrogens is 2. The normalized spacial score (nSPS) is 11.7. The van der Waals surface area contributed by atoms with Crippen LogP contribution in [0, 0.1) is 0 Å². The Balaban J connectivity index is 1.08. The Bertz CT molecular complexity index is 1470. The summed E-state index contributed by atoms with van der Waals surface area (Å²) >= 11 is 1.61. The summed E-state index contributed by atoms with van der Waals surface area (Å²) in [5.74, 6) is 0. The van der Waals surface area contributed by atoms with E-state index in [0.717, 1.165) is 37.5 Å². The first kappa shape index (κ1) is 24.4. The topological polar surface area (TPSA) is 102 Å². The maximum atomic E-state index is 12.0. The molecule has 0 radical (unpaired) electrons. The van der Waals surface area contributed by atoms with Crippen molar-refractivity contribution in [1.82, 2.24) is 9.97 Å². The number of nitrogens with one attached hydrogen (secondary N) is 2. The SMILES string of the molecule is NC(CNc1ncc(-c2ccc3cnccc3c2)s1)Cc1ccc(NC(=O)OCc2ccccc2)cc1. The summed E-state index contributed by atoms with van der Waals surface area (Å²) in [7, 11) is 0. The maximum Gasteiger partial charge on any atom is 0.411 e.